The summed E-state index contributed by atoms with van der Waals surface area (Å²) in [5, 5.41) is 0. The molecule has 3 heterocycles. The van der Waals surface area contributed by atoms with Gasteiger partial charge in [0, 0.05) is 91.4 Å². The lowest BCUT2D eigenvalue weighted by atomic mass is 9.96. The van der Waals surface area contributed by atoms with Crippen LogP contribution in [0.3, 0.4) is 0 Å². The summed E-state index contributed by atoms with van der Waals surface area (Å²) in [5.41, 5.74) is 0.0237. The first-order valence-corrected chi connectivity index (χ1v) is 16.6. The highest BCUT2D eigenvalue weighted by Gasteiger charge is 2.37. The molecule has 0 N–H and O–H groups in total. The van der Waals surface area contributed by atoms with Crippen LogP contribution < -0.4 is 0 Å². The van der Waals surface area contributed by atoms with E-state index in [0.717, 1.165) is 65.5 Å². The summed E-state index contributed by atoms with van der Waals surface area (Å²) in [6.45, 7) is 23.1. The molecule has 0 aromatic rings. The molecule has 0 saturated carbocycles. The lowest BCUT2D eigenvalue weighted by molar-refractivity contribution is -0.118. The maximum absolute atomic E-state index is 11.4. The molecule has 3 aliphatic heterocycles. The molecule has 9 nitrogen and oxygen atoms in total. The van der Waals surface area contributed by atoms with Crippen molar-refractivity contribution in [1.29, 1.82) is 0 Å². The predicted octanol–water partition coefficient (Wildman–Crippen LogP) is 4.32. The van der Waals surface area contributed by atoms with Gasteiger partial charge in [0.25, 0.3) is 0 Å². The molecule has 1 atom stereocenters. The van der Waals surface area contributed by atoms with Gasteiger partial charge in [-0.2, -0.15) is 0 Å². The summed E-state index contributed by atoms with van der Waals surface area (Å²) in [6.07, 6.45) is 12.6. The van der Waals surface area contributed by atoms with Gasteiger partial charge < -0.3 is 14.2 Å². The molecule has 0 amide bonds. The van der Waals surface area contributed by atoms with Crippen LogP contribution in [-0.2, 0) is 28.6 Å². The third kappa shape index (κ3) is 16.9. The number of hydrogen-bond acceptors (Lipinski definition) is 9. The summed E-state index contributed by atoms with van der Waals surface area (Å²) in [5.74, 6) is 1.60. The minimum atomic E-state index is 0.0237. The second-order valence-corrected chi connectivity index (χ2v) is 13.6. The molecule has 0 aromatic carbocycles. The number of nitrogens with zero attached hydrogens (tertiary/aromatic N) is 3. The van der Waals surface area contributed by atoms with Gasteiger partial charge >= 0.3 is 0 Å². The highest BCUT2D eigenvalue weighted by Crippen LogP contribution is 2.23. The van der Waals surface area contributed by atoms with Crippen LogP contribution in [0.2, 0.25) is 0 Å². The van der Waals surface area contributed by atoms with Crippen molar-refractivity contribution in [1.82, 2.24) is 14.7 Å². The molecule has 3 fully saturated rings. The van der Waals surface area contributed by atoms with Crippen LogP contribution in [0.15, 0.2) is 36.5 Å². The standard InChI is InChI=1S/C13H23NO2.C12H21NO2.C11H19NO2/c1-11(2)13(15)5-4-7-14-8-6-12(9-14)10-16-3;1-10(2)11(14)6-5-7-13-8-12(3,9-13)15-4;1-9(2)11(13)5-4-6-12-7-10(8-12)14-3/h4-5,11-12H,6-10H2,1-3H3;5-6,10H,7-9H2,1-4H3;4-5,9-10H,6-8H2,1-3H3/b5-4+;6-5+;5-4+/t12-;;/m0../s1. The van der Waals surface area contributed by atoms with Crippen LogP contribution in [0, 0.1) is 23.7 Å². The molecule has 0 aromatic heterocycles. The zero-order valence-corrected chi connectivity index (χ0v) is 29.9. The molecule has 0 unspecified atom stereocenters. The Morgan fingerprint density at radius 2 is 1.16 bits per heavy atom. The first kappa shape index (κ1) is 41.0. The predicted molar refractivity (Wildman–Crippen MR) is 182 cm³/mol. The van der Waals surface area contributed by atoms with E-state index < -0.39 is 0 Å². The second kappa shape index (κ2) is 21.7. The Bertz CT molecular complexity index is 962. The van der Waals surface area contributed by atoms with Crippen LogP contribution in [0.1, 0.15) is 54.9 Å². The molecule has 0 bridgehead atoms. The van der Waals surface area contributed by atoms with E-state index in [2.05, 4.69) is 21.6 Å². The van der Waals surface area contributed by atoms with E-state index in [1.807, 2.05) is 59.8 Å². The van der Waals surface area contributed by atoms with Crippen LogP contribution in [-0.4, -0.2) is 131 Å². The maximum atomic E-state index is 11.4. The number of carbonyl (C=O) groups excluding carboxylic acids is 3. The summed E-state index contributed by atoms with van der Waals surface area (Å²) >= 11 is 0. The fraction of sp³-hybridized carbons (Fsp3) is 0.750. The molecule has 0 aliphatic carbocycles. The molecule has 0 radical (unpaired) electrons. The lowest BCUT2D eigenvalue weighted by Crippen LogP contribution is -2.60. The van der Waals surface area contributed by atoms with Crippen molar-refractivity contribution in [3.05, 3.63) is 36.5 Å². The van der Waals surface area contributed by atoms with Gasteiger partial charge in [-0.15, -0.1) is 0 Å². The number of carbonyl (C=O) groups is 3. The molecule has 9 heteroatoms. The molecule has 3 rings (SSSR count). The number of likely N-dealkylation sites (tertiary alicyclic amines) is 3. The Hall–Kier alpha value is -2.01. The number of ether oxygens (including phenoxy) is 3. The summed E-state index contributed by atoms with van der Waals surface area (Å²) in [6, 6.07) is 0. The van der Waals surface area contributed by atoms with Crippen molar-refractivity contribution in [3.63, 3.8) is 0 Å². The van der Waals surface area contributed by atoms with E-state index in [9.17, 15) is 14.4 Å². The Balaban J connectivity index is 0.000000338. The summed E-state index contributed by atoms with van der Waals surface area (Å²) in [4.78, 5) is 40.7. The molecule has 258 valence electrons. The van der Waals surface area contributed by atoms with Gasteiger partial charge in [-0.3, -0.25) is 29.1 Å². The van der Waals surface area contributed by atoms with Crippen molar-refractivity contribution in [2.24, 2.45) is 23.7 Å². The smallest absolute Gasteiger partial charge is 0.157 e. The van der Waals surface area contributed by atoms with Crippen LogP contribution in [0.5, 0.6) is 0 Å². The molecular weight excluding hydrogens is 570 g/mol. The average molecular weight is 634 g/mol. The van der Waals surface area contributed by atoms with Gasteiger partial charge in [-0.1, -0.05) is 59.8 Å². The van der Waals surface area contributed by atoms with E-state index >= 15 is 0 Å². The van der Waals surface area contributed by atoms with Gasteiger partial charge in [0.05, 0.1) is 18.3 Å². The van der Waals surface area contributed by atoms with E-state index in [1.54, 1.807) is 39.6 Å². The quantitative estimate of drug-likeness (QED) is 0.231. The molecule has 45 heavy (non-hydrogen) atoms. The Kier molecular flexibility index (Phi) is 19.8. The number of allylic oxidation sites excluding steroid dienone is 3. The Morgan fingerprint density at radius 3 is 1.56 bits per heavy atom. The van der Waals surface area contributed by atoms with Crippen molar-refractivity contribution in [2.45, 2.75) is 66.6 Å². The first-order valence-electron chi connectivity index (χ1n) is 16.6. The first-order chi connectivity index (χ1) is 21.2. The fourth-order valence-corrected chi connectivity index (χ4v) is 4.96. The maximum Gasteiger partial charge on any atom is 0.157 e. The number of rotatable bonds is 16. The molecule has 3 aliphatic rings. The minimum Gasteiger partial charge on any atom is -0.384 e. The van der Waals surface area contributed by atoms with Crippen molar-refractivity contribution in [2.75, 3.05) is 86.8 Å². The third-order valence-electron chi connectivity index (χ3n) is 8.28. The Morgan fingerprint density at radius 1 is 0.711 bits per heavy atom. The minimum absolute atomic E-state index is 0.0237. The van der Waals surface area contributed by atoms with Gasteiger partial charge in [0.15, 0.2) is 17.3 Å². The van der Waals surface area contributed by atoms with Gasteiger partial charge in [0.1, 0.15) is 0 Å². The van der Waals surface area contributed by atoms with Gasteiger partial charge in [-0.25, -0.2) is 0 Å². The second-order valence-electron chi connectivity index (χ2n) is 13.6. The zero-order chi connectivity index (χ0) is 34.0. The molecular formula is C36H63N3O6. The number of hydrogen-bond donors (Lipinski definition) is 0. The molecule has 0 spiro atoms. The monoisotopic (exact) mass is 633 g/mol. The largest absolute Gasteiger partial charge is 0.384 e. The fourth-order valence-electron chi connectivity index (χ4n) is 4.96. The van der Waals surface area contributed by atoms with Crippen LogP contribution >= 0.6 is 0 Å². The zero-order valence-electron chi connectivity index (χ0n) is 29.9. The number of methoxy groups -OCH3 is 3. The summed E-state index contributed by atoms with van der Waals surface area (Å²) < 4.78 is 15.6. The van der Waals surface area contributed by atoms with E-state index in [4.69, 9.17) is 14.2 Å². The van der Waals surface area contributed by atoms with E-state index in [1.165, 1.54) is 6.42 Å². The topological polar surface area (TPSA) is 88.6 Å². The van der Waals surface area contributed by atoms with Crippen LogP contribution in [0.4, 0.5) is 0 Å². The summed E-state index contributed by atoms with van der Waals surface area (Å²) in [7, 11) is 5.24. The van der Waals surface area contributed by atoms with E-state index in [0.29, 0.717) is 12.0 Å². The Labute approximate surface area is 274 Å². The SMILES string of the molecule is COC1(C)CN(C/C=C/C(=O)C(C)C)C1.COC1CN(C/C=C/C(=O)C(C)C)C1.COC[C@H]1CCN(C/C=C/C(=O)C(C)C)C1. The third-order valence-corrected chi connectivity index (χ3v) is 8.28. The molecule has 3 saturated heterocycles. The average Bonchev–Trinajstić information content (AvgIpc) is 3.40. The van der Waals surface area contributed by atoms with E-state index in [-0.39, 0.29) is 40.7 Å². The van der Waals surface area contributed by atoms with Crippen LogP contribution in [0.25, 0.3) is 0 Å². The highest BCUT2D eigenvalue weighted by atomic mass is 16.5. The highest BCUT2D eigenvalue weighted by molar-refractivity contribution is 5.91. The number of ketones is 3. The lowest BCUT2D eigenvalue weighted by Gasteiger charge is -2.46. The van der Waals surface area contributed by atoms with Gasteiger partial charge in [-0.05, 0) is 44.0 Å². The van der Waals surface area contributed by atoms with Gasteiger partial charge in [0.2, 0.25) is 0 Å². The normalized spacial score (nSPS) is 20.9. The van der Waals surface area contributed by atoms with Crippen molar-refractivity contribution >= 4 is 17.3 Å². The van der Waals surface area contributed by atoms with Crippen molar-refractivity contribution < 1.29 is 28.6 Å². The van der Waals surface area contributed by atoms with Crippen molar-refractivity contribution in [3.8, 4) is 0 Å².